The van der Waals surface area contributed by atoms with Crippen molar-refractivity contribution in [2.75, 3.05) is 23.8 Å². The van der Waals surface area contributed by atoms with Crippen molar-refractivity contribution in [1.82, 2.24) is 5.43 Å². The monoisotopic (exact) mass is 536 g/mol. The van der Waals surface area contributed by atoms with Crippen molar-refractivity contribution in [3.8, 4) is 11.5 Å². The lowest BCUT2D eigenvalue weighted by molar-refractivity contribution is -0.136. The van der Waals surface area contributed by atoms with Gasteiger partial charge in [-0.05, 0) is 73.4 Å². The van der Waals surface area contributed by atoms with Gasteiger partial charge >= 0.3 is 11.8 Å². The molecule has 0 spiro atoms. The van der Waals surface area contributed by atoms with E-state index in [1.54, 1.807) is 42.5 Å². The van der Waals surface area contributed by atoms with Gasteiger partial charge in [0.15, 0.2) is 18.1 Å². The van der Waals surface area contributed by atoms with E-state index in [0.29, 0.717) is 46.5 Å². The quantitative estimate of drug-likeness (QED) is 0.197. The standard InChI is InChI=1S/C28H29ClN4O5/c1-4-20-8-6-7-9-22(20)32-27(35)28(36)33-30-16-19-11-13-24(25(14-19)37-5-2)38-17-26(34)31-23-15-21(29)12-10-18(23)3/h6-16H,4-5,17H2,1-3H3,(H,31,34)(H,32,35)(H,33,36)/b30-16-. The number of hydrazone groups is 1. The fourth-order valence-electron chi connectivity index (χ4n) is 3.40. The number of halogens is 1. The Morgan fingerprint density at radius 2 is 1.68 bits per heavy atom. The summed E-state index contributed by atoms with van der Waals surface area (Å²) in [6.07, 6.45) is 2.08. The average Bonchev–Trinajstić information content (AvgIpc) is 2.90. The van der Waals surface area contributed by atoms with Crippen LogP contribution in [-0.2, 0) is 20.8 Å². The molecule has 0 saturated carbocycles. The fraction of sp³-hybridized carbons (Fsp3) is 0.214. The van der Waals surface area contributed by atoms with Crippen LogP contribution in [-0.4, -0.2) is 37.1 Å². The first-order valence-electron chi connectivity index (χ1n) is 12.0. The minimum atomic E-state index is -0.905. The first kappa shape index (κ1) is 28.2. The summed E-state index contributed by atoms with van der Waals surface area (Å²) in [4.78, 5) is 36.7. The van der Waals surface area contributed by atoms with Gasteiger partial charge in [0, 0.05) is 16.4 Å². The Morgan fingerprint density at radius 3 is 2.45 bits per heavy atom. The molecular formula is C28H29ClN4O5. The molecule has 0 saturated heterocycles. The molecule has 3 aromatic rings. The van der Waals surface area contributed by atoms with Crippen LogP contribution in [0, 0.1) is 6.92 Å². The van der Waals surface area contributed by atoms with Crippen LogP contribution >= 0.6 is 11.6 Å². The normalized spacial score (nSPS) is 10.6. The van der Waals surface area contributed by atoms with E-state index < -0.39 is 11.8 Å². The maximum absolute atomic E-state index is 12.4. The molecule has 0 radical (unpaired) electrons. The smallest absolute Gasteiger partial charge is 0.329 e. The van der Waals surface area contributed by atoms with Crippen LogP contribution in [0.5, 0.6) is 11.5 Å². The number of nitrogens with one attached hydrogen (secondary N) is 3. The Hall–Kier alpha value is -4.37. The Morgan fingerprint density at radius 1 is 0.895 bits per heavy atom. The van der Waals surface area contributed by atoms with Gasteiger partial charge in [-0.25, -0.2) is 5.43 Å². The minimum Gasteiger partial charge on any atom is -0.490 e. The van der Waals surface area contributed by atoms with Crippen LogP contribution < -0.4 is 25.5 Å². The van der Waals surface area contributed by atoms with Crippen molar-refractivity contribution in [3.63, 3.8) is 0 Å². The van der Waals surface area contributed by atoms with Gasteiger partial charge in [0.25, 0.3) is 5.91 Å². The summed E-state index contributed by atoms with van der Waals surface area (Å²) < 4.78 is 11.3. The van der Waals surface area contributed by atoms with Gasteiger partial charge in [0.2, 0.25) is 0 Å². The molecule has 0 aromatic heterocycles. The number of amides is 3. The molecule has 3 aromatic carbocycles. The Bertz CT molecular complexity index is 1340. The number of aryl methyl sites for hydroxylation is 2. The maximum Gasteiger partial charge on any atom is 0.329 e. The van der Waals surface area contributed by atoms with Crippen LogP contribution in [0.1, 0.15) is 30.5 Å². The number of ether oxygens (including phenoxy) is 2. The Balaban J connectivity index is 1.58. The minimum absolute atomic E-state index is 0.244. The summed E-state index contributed by atoms with van der Waals surface area (Å²) >= 11 is 6.00. The lowest BCUT2D eigenvalue weighted by atomic mass is 10.1. The predicted molar refractivity (Wildman–Crippen MR) is 148 cm³/mol. The van der Waals surface area contributed by atoms with E-state index in [1.807, 2.05) is 39.0 Å². The zero-order chi connectivity index (χ0) is 27.5. The molecule has 3 rings (SSSR count). The topological polar surface area (TPSA) is 118 Å². The van der Waals surface area contributed by atoms with Crippen LogP contribution in [0.25, 0.3) is 0 Å². The molecular weight excluding hydrogens is 508 g/mol. The molecule has 0 fully saturated rings. The third kappa shape index (κ3) is 8.07. The van der Waals surface area contributed by atoms with E-state index in [-0.39, 0.29) is 12.5 Å². The van der Waals surface area contributed by atoms with Crippen molar-refractivity contribution in [3.05, 3.63) is 82.4 Å². The van der Waals surface area contributed by atoms with Gasteiger partial charge in [0.05, 0.1) is 12.8 Å². The van der Waals surface area contributed by atoms with Gasteiger partial charge in [-0.1, -0.05) is 42.8 Å². The molecule has 38 heavy (non-hydrogen) atoms. The number of anilines is 2. The van der Waals surface area contributed by atoms with Crippen molar-refractivity contribution < 1.29 is 23.9 Å². The van der Waals surface area contributed by atoms with Gasteiger partial charge in [-0.3, -0.25) is 14.4 Å². The highest BCUT2D eigenvalue weighted by Gasteiger charge is 2.14. The first-order valence-corrected chi connectivity index (χ1v) is 12.4. The highest BCUT2D eigenvalue weighted by atomic mass is 35.5. The molecule has 0 heterocycles. The lowest BCUT2D eigenvalue weighted by Crippen LogP contribution is -2.32. The van der Waals surface area contributed by atoms with Crippen molar-refractivity contribution in [1.29, 1.82) is 0 Å². The van der Waals surface area contributed by atoms with Gasteiger partial charge in [-0.2, -0.15) is 5.10 Å². The van der Waals surface area contributed by atoms with Crippen molar-refractivity contribution in [2.45, 2.75) is 27.2 Å². The van der Waals surface area contributed by atoms with E-state index in [9.17, 15) is 14.4 Å². The molecule has 0 atom stereocenters. The largest absolute Gasteiger partial charge is 0.490 e. The van der Waals surface area contributed by atoms with Crippen molar-refractivity contribution >= 4 is 46.9 Å². The second kappa shape index (κ2) is 13.8. The van der Waals surface area contributed by atoms with Crippen LogP contribution in [0.4, 0.5) is 11.4 Å². The van der Waals surface area contributed by atoms with E-state index in [4.69, 9.17) is 21.1 Å². The van der Waals surface area contributed by atoms with Gasteiger partial charge in [-0.15, -0.1) is 0 Å². The molecule has 9 nitrogen and oxygen atoms in total. The molecule has 3 amide bonds. The van der Waals surface area contributed by atoms with Gasteiger partial charge in [0.1, 0.15) is 0 Å². The van der Waals surface area contributed by atoms with Gasteiger partial charge < -0.3 is 20.1 Å². The number of benzene rings is 3. The molecule has 198 valence electrons. The number of rotatable bonds is 10. The second-order valence-electron chi connectivity index (χ2n) is 8.10. The summed E-state index contributed by atoms with van der Waals surface area (Å²) in [5.41, 5.74) is 5.76. The molecule has 0 unspecified atom stereocenters. The molecule has 0 aliphatic rings. The van der Waals surface area contributed by atoms with E-state index in [1.165, 1.54) is 6.21 Å². The summed E-state index contributed by atoms with van der Waals surface area (Å²) in [7, 11) is 0. The van der Waals surface area contributed by atoms with Crippen LogP contribution in [0.3, 0.4) is 0 Å². The number of hydrogen-bond acceptors (Lipinski definition) is 6. The predicted octanol–water partition coefficient (Wildman–Crippen LogP) is 4.72. The van der Waals surface area contributed by atoms with E-state index in [0.717, 1.165) is 11.1 Å². The summed E-state index contributed by atoms with van der Waals surface area (Å²) in [5.74, 6) is -1.33. The van der Waals surface area contributed by atoms with Crippen LogP contribution in [0.2, 0.25) is 5.02 Å². The second-order valence-corrected chi connectivity index (χ2v) is 8.54. The van der Waals surface area contributed by atoms with E-state index in [2.05, 4.69) is 21.2 Å². The molecule has 10 heteroatoms. The highest BCUT2D eigenvalue weighted by Crippen LogP contribution is 2.28. The molecule has 0 aliphatic carbocycles. The zero-order valence-corrected chi connectivity index (χ0v) is 22.1. The third-order valence-electron chi connectivity index (χ3n) is 5.33. The number of hydrogen-bond donors (Lipinski definition) is 3. The first-order chi connectivity index (χ1) is 18.3. The number of carbonyl (C=O) groups excluding carboxylic acids is 3. The Kier molecular flexibility index (Phi) is 10.2. The summed E-state index contributed by atoms with van der Waals surface area (Å²) in [5, 5.41) is 9.73. The lowest BCUT2D eigenvalue weighted by Gasteiger charge is -2.13. The Labute approximate surface area is 226 Å². The highest BCUT2D eigenvalue weighted by molar-refractivity contribution is 6.39. The number of nitrogens with zero attached hydrogens (tertiary/aromatic N) is 1. The summed E-state index contributed by atoms with van der Waals surface area (Å²) in [6, 6.07) is 17.4. The van der Waals surface area contributed by atoms with Crippen LogP contribution in [0.15, 0.2) is 65.8 Å². The van der Waals surface area contributed by atoms with Crippen molar-refractivity contribution in [2.24, 2.45) is 5.10 Å². The molecule has 0 aliphatic heterocycles. The third-order valence-corrected chi connectivity index (χ3v) is 5.57. The van der Waals surface area contributed by atoms with E-state index >= 15 is 0 Å². The number of carbonyl (C=O) groups is 3. The number of para-hydroxylation sites is 1. The SMILES string of the molecule is CCOc1cc(/C=N\NC(=O)C(=O)Nc2ccccc2CC)ccc1OCC(=O)Nc1cc(Cl)ccc1C. The fourth-order valence-corrected chi connectivity index (χ4v) is 3.57. The molecule has 0 bridgehead atoms. The maximum atomic E-state index is 12.4. The molecule has 3 N–H and O–H groups in total. The average molecular weight is 537 g/mol. The zero-order valence-electron chi connectivity index (χ0n) is 21.3. The summed E-state index contributed by atoms with van der Waals surface area (Å²) in [6.45, 7) is 5.75.